The standard InChI is InChI=1S/C19H26N2O4S/c1-19(2,3)17-13-25-18(20-17)16-12-24-10-9-21(16)11-14-5-7-15(8-6-14)26(4,22)23/h5-8,13,16H,9-12H2,1-4H3/t16-/m0/s1. The number of morpholine rings is 1. The molecule has 1 aliphatic rings. The molecule has 0 radical (unpaired) electrons. The second-order valence-corrected chi connectivity index (χ2v) is 9.81. The van der Waals surface area contributed by atoms with E-state index in [1.165, 1.54) is 6.26 Å². The summed E-state index contributed by atoms with van der Waals surface area (Å²) in [6, 6.07) is 6.98. The topological polar surface area (TPSA) is 72.6 Å². The Morgan fingerprint density at radius 2 is 1.92 bits per heavy atom. The van der Waals surface area contributed by atoms with Crippen LogP contribution in [0.5, 0.6) is 0 Å². The van der Waals surface area contributed by atoms with E-state index in [4.69, 9.17) is 9.15 Å². The summed E-state index contributed by atoms with van der Waals surface area (Å²) in [5, 5.41) is 0. The Kier molecular flexibility index (Phi) is 5.23. The van der Waals surface area contributed by atoms with Crippen LogP contribution in [0.1, 0.15) is 44.0 Å². The molecule has 0 N–H and O–H groups in total. The van der Waals surface area contributed by atoms with Crippen LogP contribution >= 0.6 is 0 Å². The van der Waals surface area contributed by atoms with Crippen LogP contribution in [-0.2, 0) is 26.5 Å². The van der Waals surface area contributed by atoms with Gasteiger partial charge in [0.25, 0.3) is 0 Å². The zero-order valence-electron chi connectivity index (χ0n) is 15.7. The Labute approximate surface area is 155 Å². The van der Waals surface area contributed by atoms with Crippen molar-refractivity contribution < 1.29 is 17.6 Å². The molecule has 2 aromatic rings. The van der Waals surface area contributed by atoms with Gasteiger partial charge in [0.2, 0.25) is 5.89 Å². The average molecular weight is 378 g/mol. The van der Waals surface area contributed by atoms with E-state index in [2.05, 4.69) is 30.7 Å². The Balaban J connectivity index is 1.78. The maximum Gasteiger partial charge on any atom is 0.214 e. The van der Waals surface area contributed by atoms with Gasteiger partial charge in [-0.05, 0) is 17.7 Å². The number of rotatable bonds is 4. The van der Waals surface area contributed by atoms with Crippen molar-refractivity contribution in [2.24, 2.45) is 0 Å². The molecule has 2 heterocycles. The summed E-state index contributed by atoms with van der Waals surface area (Å²) in [6.07, 6.45) is 2.94. The molecular formula is C19H26N2O4S. The molecule has 3 rings (SSSR count). The molecule has 0 spiro atoms. The van der Waals surface area contributed by atoms with Crippen LogP contribution in [0.4, 0.5) is 0 Å². The lowest BCUT2D eigenvalue weighted by atomic mass is 9.93. The number of ether oxygens (including phenoxy) is 1. The van der Waals surface area contributed by atoms with Gasteiger partial charge in [-0.1, -0.05) is 32.9 Å². The molecule has 0 aliphatic carbocycles. The van der Waals surface area contributed by atoms with E-state index in [0.717, 1.165) is 17.8 Å². The molecule has 0 saturated carbocycles. The number of benzene rings is 1. The third kappa shape index (κ3) is 4.34. The molecule has 1 aromatic carbocycles. The summed E-state index contributed by atoms with van der Waals surface area (Å²) in [5.74, 6) is 0.669. The maximum atomic E-state index is 11.6. The molecule has 1 fully saturated rings. The predicted molar refractivity (Wildman–Crippen MR) is 98.7 cm³/mol. The van der Waals surface area contributed by atoms with Crippen LogP contribution in [0.3, 0.4) is 0 Å². The van der Waals surface area contributed by atoms with Crippen LogP contribution in [0.15, 0.2) is 39.8 Å². The number of hydrogen-bond donors (Lipinski definition) is 0. The summed E-state index contributed by atoms with van der Waals surface area (Å²) in [7, 11) is -3.18. The largest absolute Gasteiger partial charge is 0.447 e. The Bertz CT molecular complexity index is 850. The van der Waals surface area contributed by atoms with Gasteiger partial charge in [-0.15, -0.1) is 0 Å². The van der Waals surface area contributed by atoms with E-state index >= 15 is 0 Å². The SMILES string of the molecule is CC(C)(C)c1coc([C@@H]2COCCN2Cc2ccc(S(C)(=O)=O)cc2)n1. The third-order valence-electron chi connectivity index (χ3n) is 4.55. The van der Waals surface area contributed by atoms with Crippen molar-refractivity contribution in [3.8, 4) is 0 Å². The second kappa shape index (κ2) is 7.13. The highest BCUT2D eigenvalue weighted by Gasteiger charge is 2.30. The van der Waals surface area contributed by atoms with Crippen LogP contribution in [-0.4, -0.2) is 44.3 Å². The van der Waals surface area contributed by atoms with E-state index < -0.39 is 9.84 Å². The first kappa shape index (κ1) is 19.1. The fourth-order valence-electron chi connectivity index (χ4n) is 2.92. The Hall–Kier alpha value is -1.70. The van der Waals surface area contributed by atoms with E-state index in [-0.39, 0.29) is 11.5 Å². The fraction of sp³-hybridized carbons (Fsp3) is 0.526. The highest BCUT2D eigenvalue weighted by Crippen LogP contribution is 2.29. The third-order valence-corrected chi connectivity index (χ3v) is 5.68. The van der Waals surface area contributed by atoms with Crippen LogP contribution in [0.25, 0.3) is 0 Å². The quantitative estimate of drug-likeness (QED) is 0.814. The number of sulfone groups is 1. The van der Waals surface area contributed by atoms with Gasteiger partial charge in [0.15, 0.2) is 9.84 Å². The summed E-state index contributed by atoms with van der Waals surface area (Å²) >= 11 is 0. The number of nitrogens with zero attached hydrogens (tertiary/aromatic N) is 2. The summed E-state index contributed by atoms with van der Waals surface area (Å²) in [4.78, 5) is 7.27. The molecule has 142 valence electrons. The summed E-state index contributed by atoms with van der Waals surface area (Å²) in [5.41, 5.74) is 1.91. The fourth-order valence-corrected chi connectivity index (χ4v) is 3.55. The minimum atomic E-state index is -3.18. The van der Waals surface area contributed by atoms with Crippen molar-refractivity contribution in [2.75, 3.05) is 26.0 Å². The number of oxazole rings is 1. The van der Waals surface area contributed by atoms with Crippen LogP contribution in [0.2, 0.25) is 0 Å². The average Bonchev–Trinajstić information content (AvgIpc) is 3.05. The number of aromatic nitrogens is 1. The summed E-state index contributed by atoms with van der Waals surface area (Å²) < 4.78 is 34.6. The molecule has 26 heavy (non-hydrogen) atoms. The molecular weight excluding hydrogens is 352 g/mol. The van der Waals surface area contributed by atoms with E-state index in [1.807, 2.05) is 12.1 Å². The minimum Gasteiger partial charge on any atom is -0.447 e. The van der Waals surface area contributed by atoms with E-state index in [0.29, 0.717) is 30.5 Å². The molecule has 6 nitrogen and oxygen atoms in total. The van der Waals surface area contributed by atoms with Crippen LogP contribution < -0.4 is 0 Å². The highest BCUT2D eigenvalue weighted by molar-refractivity contribution is 7.90. The molecule has 1 saturated heterocycles. The predicted octanol–water partition coefficient (Wildman–Crippen LogP) is 2.95. The van der Waals surface area contributed by atoms with Gasteiger partial charge in [0.05, 0.1) is 23.8 Å². The van der Waals surface area contributed by atoms with Gasteiger partial charge < -0.3 is 9.15 Å². The van der Waals surface area contributed by atoms with Gasteiger partial charge in [-0.25, -0.2) is 13.4 Å². The van der Waals surface area contributed by atoms with Gasteiger partial charge in [-0.2, -0.15) is 0 Å². The summed E-state index contributed by atoms with van der Waals surface area (Å²) in [6.45, 7) is 8.96. The molecule has 1 atom stereocenters. The Morgan fingerprint density at radius 3 is 2.50 bits per heavy atom. The zero-order chi connectivity index (χ0) is 18.9. The normalized spacial score (nSPS) is 19.6. The van der Waals surface area contributed by atoms with Gasteiger partial charge in [0, 0.05) is 24.8 Å². The van der Waals surface area contributed by atoms with Gasteiger partial charge in [0.1, 0.15) is 12.3 Å². The number of hydrogen-bond acceptors (Lipinski definition) is 6. The minimum absolute atomic E-state index is 0.0468. The van der Waals surface area contributed by atoms with Crippen molar-refractivity contribution in [3.63, 3.8) is 0 Å². The van der Waals surface area contributed by atoms with Crippen LogP contribution in [0, 0.1) is 0 Å². The smallest absolute Gasteiger partial charge is 0.214 e. The maximum absolute atomic E-state index is 11.6. The van der Waals surface area contributed by atoms with Crippen molar-refractivity contribution in [3.05, 3.63) is 47.7 Å². The first-order chi connectivity index (χ1) is 12.1. The first-order valence-electron chi connectivity index (χ1n) is 8.71. The highest BCUT2D eigenvalue weighted by atomic mass is 32.2. The molecule has 0 unspecified atom stereocenters. The molecule has 7 heteroatoms. The zero-order valence-corrected chi connectivity index (χ0v) is 16.5. The lowest BCUT2D eigenvalue weighted by Gasteiger charge is -2.33. The van der Waals surface area contributed by atoms with E-state index in [1.54, 1.807) is 18.4 Å². The molecule has 0 amide bonds. The van der Waals surface area contributed by atoms with E-state index in [9.17, 15) is 8.42 Å². The van der Waals surface area contributed by atoms with Crippen molar-refractivity contribution in [1.82, 2.24) is 9.88 Å². The van der Waals surface area contributed by atoms with Crippen molar-refractivity contribution in [2.45, 2.75) is 43.7 Å². The molecule has 1 aromatic heterocycles. The Morgan fingerprint density at radius 1 is 1.23 bits per heavy atom. The van der Waals surface area contributed by atoms with Crippen molar-refractivity contribution >= 4 is 9.84 Å². The first-order valence-corrected chi connectivity index (χ1v) is 10.6. The second-order valence-electron chi connectivity index (χ2n) is 7.80. The van der Waals surface area contributed by atoms with Gasteiger partial charge in [-0.3, -0.25) is 4.90 Å². The molecule has 1 aliphatic heterocycles. The lowest BCUT2D eigenvalue weighted by Crippen LogP contribution is -2.39. The van der Waals surface area contributed by atoms with Gasteiger partial charge >= 0.3 is 0 Å². The van der Waals surface area contributed by atoms with Crippen molar-refractivity contribution in [1.29, 1.82) is 0 Å². The lowest BCUT2D eigenvalue weighted by molar-refractivity contribution is -0.0223. The monoisotopic (exact) mass is 378 g/mol. The molecule has 0 bridgehead atoms.